The first-order valence-electron chi connectivity index (χ1n) is 8.20. The van der Waals surface area contributed by atoms with Crippen LogP contribution in [0.2, 0.25) is 0 Å². The summed E-state index contributed by atoms with van der Waals surface area (Å²) >= 11 is 1.23. The van der Waals surface area contributed by atoms with E-state index in [1.807, 2.05) is 6.07 Å². The Balaban J connectivity index is 1.94. The van der Waals surface area contributed by atoms with Crippen LogP contribution >= 0.6 is 11.8 Å². The molecular weight excluding hydrogens is 354 g/mol. The molecule has 1 amide bonds. The first-order chi connectivity index (χ1) is 12.5. The molecule has 2 aromatic rings. The maximum absolute atomic E-state index is 12.1. The van der Waals surface area contributed by atoms with Gasteiger partial charge in [-0.15, -0.1) is 0 Å². The van der Waals surface area contributed by atoms with Crippen LogP contribution in [0.25, 0.3) is 0 Å². The number of nitriles is 1. The second-order valence-corrected chi connectivity index (χ2v) is 6.99. The number of carbonyl (C=O) groups excluding carboxylic acids is 1. The Hall–Kier alpha value is -2.44. The summed E-state index contributed by atoms with van der Waals surface area (Å²) in [6, 6.07) is 5.72. The Morgan fingerprint density at radius 2 is 2.31 bits per heavy atom. The van der Waals surface area contributed by atoms with Gasteiger partial charge in [-0.25, -0.2) is 4.98 Å². The molecular formula is C17H22N5O3S+. The molecule has 26 heavy (non-hydrogen) atoms. The van der Waals surface area contributed by atoms with E-state index in [1.54, 1.807) is 19.4 Å². The van der Waals surface area contributed by atoms with Crippen LogP contribution in [-0.2, 0) is 22.5 Å². The van der Waals surface area contributed by atoms with Crippen molar-refractivity contribution in [3.63, 3.8) is 0 Å². The summed E-state index contributed by atoms with van der Waals surface area (Å²) in [6.07, 6.45) is 2.41. The van der Waals surface area contributed by atoms with Crippen molar-refractivity contribution in [3.05, 3.63) is 29.6 Å². The number of ether oxygens (including phenoxy) is 1. The number of methoxy groups -OCH3 is 1. The molecule has 138 valence electrons. The monoisotopic (exact) mass is 376 g/mol. The van der Waals surface area contributed by atoms with E-state index < -0.39 is 0 Å². The second-order valence-electron chi connectivity index (χ2n) is 6.02. The van der Waals surface area contributed by atoms with Crippen LogP contribution < -0.4 is 10.00 Å². The van der Waals surface area contributed by atoms with E-state index in [4.69, 9.17) is 9.26 Å². The van der Waals surface area contributed by atoms with Crippen molar-refractivity contribution in [2.45, 2.75) is 31.8 Å². The third-order valence-corrected chi connectivity index (χ3v) is 4.28. The predicted octanol–water partition coefficient (Wildman–Crippen LogP) is 1.80. The minimum atomic E-state index is -0.259. The lowest BCUT2D eigenvalue weighted by atomic mass is 10.1. The van der Waals surface area contributed by atoms with Gasteiger partial charge in [0.05, 0.1) is 11.3 Å². The van der Waals surface area contributed by atoms with Crippen LogP contribution in [0, 0.1) is 17.2 Å². The van der Waals surface area contributed by atoms with Gasteiger partial charge in [0.15, 0.2) is 0 Å². The SMILES string of the molecule is COCC[n+]1cc(NC(=O)CSc2nc(CC(C)C)ccc2C#N)on1. The van der Waals surface area contributed by atoms with Crippen molar-refractivity contribution in [1.82, 2.24) is 10.3 Å². The maximum atomic E-state index is 12.1. The van der Waals surface area contributed by atoms with E-state index >= 15 is 0 Å². The van der Waals surface area contributed by atoms with Gasteiger partial charge in [-0.2, -0.15) is 5.26 Å². The minimum Gasteiger partial charge on any atom is -0.378 e. The molecule has 2 heterocycles. The Morgan fingerprint density at radius 1 is 1.50 bits per heavy atom. The average molecular weight is 376 g/mol. The standard InChI is InChI=1S/C17H21N5O3S/c1-12(2)8-14-5-4-13(9-18)17(19-14)26-11-15(23)20-16-10-22(21-25-16)6-7-24-3/h4-5,10,12H,6-8,11H2,1-3H3/p+1. The van der Waals surface area contributed by atoms with Crippen molar-refractivity contribution < 1.29 is 18.7 Å². The Labute approximate surface area is 156 Å². The highest BCUT2D eigenvalue weighted by Crippen LogP contribution is 2.21. The molecule has 0 saturated carbocycles. The van der Waals surface area contributed by atoms with Gasteiger partial charge >= 0.3 is 5.88 Å². The molecule has 0 aromatic carbocycles. The van der Waals surface area contributed by atoms with E-state index in [9.17, 15) is 10.1 Å². The molecule has 0 fully saturated rings. The van der Waals surface area contributed by atoms with Crippen molar-refractivity contribution >= 4 is 23.6 Å². The van der Waals surface area contributed by atoms with E-state index in [-0.39, 0.29) is 17.5 Å². The minimum absolute atomic E-state index is 0.117. The number of pyridine rings is 1. The highest BCUT2D eigenvalue weighted by atomic mass is 32.2. The molecule has 1 N–H and O–H groups in total. The summed E-state index contributed by atoms with van der Waals surface area (Å²) < 4.78 is 11.5. The van der Waals surface area contributed by atoms with Crippen molar-refractivity contribution in [1.29, 1.82) is 5.26 Å². The van der Waals surface area contributed by atoms with Gasteiger partial charge in [0.1, 0.15) is 17.7 Å². The average Bonchev–Trinajstić information content (AvgIpc) is 3.05. The zero-order valence-corrected chi connectivity index (χ0v) is 15.9. The molecule has 0 aliphatic heterocycles. The summed E-state index contributed by atoms with van der Waals surface area (Å²) in [7, 11) is 1.60. The highest BCUT2D eigenvalue weighted by molar-refractivity contribution is 8.00. The summed E-state index contributed by atoms with van der Waals surface area (Å²) in [5, 5.41) is 16.2. The lowest BCUT2D eigenvalue weighted by Crippen LogP contribution is -2.36. The van der Waals surface area contributed by atoms with Gasteiger partial charge in [-0.05, 0) is 29.2 Å². The van der Waals surface area contributed by atoms with Crippen molar-refractivity contribution in [2.24, 2.45) is 5.92 Å². The lowest BCUT2D eigenvalue weighted by Gasteiger charge is -2.08. The molecule has 0 spiro atoms. The van der Waals surface area contributed by atoms with Gasteiger partial charge < -0.3 is 4.74 Å². The van der Waals surface area contributed by atoms with Gasteiger partial charge in [0.25, 0.3) is 6.20 Å². The number of hydrogen-bond donors (Lipinski definition) is 1. The Morgan fingerprint density at radius 3 is 3.00 bits per heavy atom. The van der Waals surface area contributed by atoms with Crippen LogP contribution in [0.1, 0.15) is 25.1 Å². The Kier molecular flexibility index (Phi) is 7.56. The molecule has 0 unspecified atom stereocenters. The van der Waals surface area contributed by atoms with Crippen LogP contribution in [0.5, 0.6) is 0 Å². The Bertz CT molecular complexity index is 785. The molecule has 0 atom stereocenters. The zero-order valence-electron chi connectivity index (χ0n) is 15.1. The number of thioether (sulfide) groups is 1. The number of aromatic nitrogens is 3. The zero-order chi connectivity index (χ0) is 18.9. The molecule has 2 aromatic heterocycles. The van der Waals surface area contributed by atoms with Gasteiger partial charge in [0, 0.05) is 12.8 Å². The number of carbonyl (C=O) groups is 1. The first-order valence-corrected chi connectivity index (χ1v) is 9.18. The highest BCUT2D eigenvalue weighted by Gasteiger charge is 2.15. The molecule has 2 rings (SSSR count). The van der Waals surface area contributed by atoms with Crippen LogP contribution in [0.3, 0.4) is 0 Å². The molecule has 9 heteroatoms. The molecule has 0 bridgehead atoms. The maximum Gasteiger partial charge on any atom is 0.302 e. The largest absolute Gasteiger partial charge is 0.378 e. The van der Waals surface area contributed by atoms with Crippen molar-refractivity contribution in [3.8, 4) is 6.07 Å². The van der Waals surface area contributed by atoms with E-state index in [1.165, 1.54) is 16.4 Å². The van der Waals surface area contributed by atoms with E-state index in [0.29, 0.717) is 29.7 Å². The fourth-order valence-electron chi connectivity index (χ4n) is 2.14. The van der Waals surface area contributed by atoms with Crippen molar-refractivity contribution in [2.75, 3.05) is 24.8 Å². The molecule has 0 aliphatic carbocycles. The topological polar surface area (TPSA) is 105 Å². The fraction of sp³-hybridized carbons (Fsp3) is 0.471. The van der Waals surface area contributed by atoms with Gasteiger partial charge in [-0.3, -0.25) is 14.6 Å². The van der Waals surface area contributed by atoms with Crippen LogP contribution in [0.15, 0.2) is 27.9 Å². The van der Waals surface area contributed by atoms with Crippen LogP contribution in [0.4, 0.5) is 5.88 Å². The third kappa shape index (κ3) is 6.13. The number of rotatable bonds is 9. The van der Waals surface area contributed by atoms with Gasteiger partial charge in [-0.1, -0.05) is 25.6 Å². The number of hydrogen-bond acceptors (Lipinski definition) is 7. The summed E-state index contributed by atoms with van der Waals surface area (Å²) in [5.74, 6) is 0.581. The van der Waals surface area contributed by atoms with E-state index in [2.05, 4.69) is 35.5 Å². The second kappa shape index (κ2) is 9.89. The summed E-state index contributed by atoms with van der Waals surface area (Å²) in [6.45, 7) is 5.24. The first kappa shape index (κ1) is 19.9. The quantitative estimate of drug-likeness (QED) is 0.525. The number of nitrogens with zero attached hydrogens (tertiary/aromatic N) is 4. The lowest BCUT2D eigenvalue weighted by molar-refractivity contribution is -0.763. The summed E-state index contributed by atoms with van der Waals surface area (Å²) in [4.78, 5) is 16.6. The number of amides is 1. The predicted molar refractivity (Wildman–Crippen MR) is 95.4 cm³/mol. The number of anilines is 1. The molecule has 0 aliphatic rings. The fourth-order valence-corrected chi connectivity index (χ4v) is 2.93. The third-order valence-electron chi connectivity index (χ3n) is 3.29. The smallest absolute Gasteiger partial charge is 0.302 e. The molecule has 0 radical (unpaired) electrons. The summed E-state index contributed by atoms with van der Waals surface area (Å²) in [5.41, 5.74) is 1.38. The molecule has 8 nitrogen and oxygen atoms in total. The normalized spacial score (nSPS) is 10.7. The van der Waals surface area contributed by atoms with E-state index in [0.717, 1.165) is 12.1 Å². The number of nitrogens with one attached hydrogen (secondary N) is 1. The van der Waals surface area contributed by atoms with Gasteiger partial charge in [0.2, 0.25) is 17.7 Å². The van der Waals surface area contributed by atoms with Crippen LogP contribution in [-0.4, -0.2) is 35.6 Å². The molecule has 0 saturated heterocycles.